The Morgan fingerprint density at radius 2 is 1.81 bits per heavy atom. The van der Waals surface area contributed by atoms with Crippen LogP contribution in [-0.4, -0.2) is 30.8 Å². The van der Waals surface area contributed by atoms with Crippen molar-refractivity contribution in [3.05, 3.63) is 54.1 Å². The van der Waals surface area contributed by atoms with Gasteiger partial charge in [-0.05, 0) is 38.1 Å². The normalized spacial score (nSPS) is 11.5. The molecule has 0 bridgehead atoms. The smallest absolute Gasteiger partial charge is 0.307 e. The number of aryl methyl sites for hydroxylation is 1. The van der Waals surface area contributed by atoms with Gasteiger partial charge in [-0.2, -0.15) is 0 Å². The Labute approximate surface area is 158 Å². The van der Waals surface area contributed by atoms with Gasteiger partial charge >= 0.3 is 5.97 Å². The number of carbonyl (C=O) groups excluding carboxylic acids is 2. The van der Waals surface area contributed by atoms with Gasteiger partial charge in [0.05, 0.1) is 19.2 Å². The fourth-order valence-corrected chi connectivity index (χ4v) is 3.01. The van der Waals surface area contributed by atoms with Gasteiger partial charge in [-0.3, -0.25) is 9.59 Å². The number of rotatable bonds is 8. The number of thioether (sulfide) groups is 1. The van der Waals surface area contributed by atoms with Crippen molar-refractivity contribution in [2.45, 2.75) is 31.3 Å². The summed E-state index contributed by atoms with van der Waals surface area (Å²) in [5.74, 6) is 0.359. The molecule has 0 fully saturated rings. The van der Waals surface area contributed by atoms with Crippen molar-refractivity contribution in [1.29, 1.82) is 0 Å². The maximum Gasteiger partial charge on any atom is 0.307 e. The summed E-state index contributed by atoms with van der Waals surface area (Å²) in [7, 11) is 1.53. The second-order valence-electron chi connectivity index (χ2n) is 5.73. The maximum atomic E-state index is 12.2. The molecule has 1 N–H and O–H groups in total. The van der Waals surface area contributed by atoms with Crippen LogP contribution in [0.15, 0.2) is 53.4 Å². The molecule has 0 radical (unpaired) electrons. The molecule has 1 atom stereocenters. The van der Waals surface area contributed by atoms with E-state index in [0.717, 1.165) is 4.90 Å². The van der Waals surface area contributed by atoms with Gasteiger partial charge in [0.2, 0.25) is 0 Å². The molecule has 0 aliphatic carbocycles. The number of nitrogens with one attached hydrogen (secondary N) is 1. The van der Waals surface area contributed by atoms with Crippen LogP contribution < -0.4 is 10.1 Å². The Kier molecular flexibility index (Phi) is 7.53. The summed E-state index contributed by atoms with van der Waals surface area (Å²) in [6.07, 6.45) is -0.637. The Morgan fingerprint density at radius 3 is 2.50 bits per heavy atom. The molecule has 0 heterocycles. The highest BCUT2D eigenvalue weighted by molar-refractivity contribution is 7.99. The molecule has 0 saturated heterocycles. The molecule has 2 aromatic carbocycles. The fourth-order valence-electron chi connectivity index (χ4n) is 2.18. The summed E-state index contributed by atoms with van der Waals surface area (Å²) < 4.78 is 10.4. The zero-order chi connectivity index (χ0) is 18.9. The average Bonchev–Trinajstić information content (AvgIpc) is 2.63. The van der Waals surface area contributed by atoms with Crippen LogP contribution in [0.2, 0.25) is 0 Å². The molecule has 0 aromatic heterocycles. The number of anilines is 1. The third-order valence-corrected chi connectivity index (χ3v) is 4.65. The summed E-state index contributed by atoms with van der Waals surface area (Å²) in [6, 6.07) is 15.2. The average molecular weight is 373 g/mol. The Bertz CT molecular complexity index is 746. The van der Waals surface area contributed by atoms with Gasteiger partial charge in [0, 0.05) is 10.6 Å². The number of methoxy groups -OCH3 is 1. The number of esters is 1. The second kappa shape index (κ2) is 9.87. The molecule has 0 unspecified atom stereocenters. The quantitative estimate of drug-likeness (QED) is 0.558. The number of para-hydroxylation sites is 2. The molecule has 5 nitrogen and oxygen atoms in total. The number of carbonyl (C=O) groups is 2. The Hall–Kier alpha value is -2.47. The molecule has 138 valence electrons. The highest BCUT2D eigenvalue weighted by atomic mass is 32.2. The van der Waals surface area contributed by atoms with Crippen LogP contribution in [0.1, 0.15) is 18.9 Å². The van der Waals surface area contributed by atoms with E-state index in [4.69, 9.17) is 9.47 Å². The lowest BCUT2D eigenvalue weighted by molar-refractivity contribution is -0.152. The van der Waals surface area contributed by atoms with E-state index in [9.17, 15) is 9.59 Å². The molecule has 0 saturated carbocycles. The summed E-state index contributed by atoms with van der Waals surface area (Å²) in [4.78, 5) is 25.2. The lowest BCUT2D eigenvalue weighted by atomic mass is 10.2. The van der Waals surface area contributed by atoms with Crippen LogP contribution in [0.3, 0.4) is 0 Å². The van der Waals surface area contributed by atoms with Crippen LogP contribution >= 0.6 is 11.8 Å². The van der Waals surface area contributed by atoms with Gasteiger partial charge < -0.3 is 14.8 Å². The number of ether oxygens (including phenoxy) is 2. The zero-order valence-corrected chi connectivity index (χ0v) is 16.0. The Balaban J connectivity index is 1.76. The van der Waals surface area contributed by atoms with E-state index in [1.165, 1.54) is 12.7 Å². The maximum absolute atomic E-state index is 12.2. The van der Waals surface area contributed by atoms with E-state index < -0.39 is 18.0 Å². The molecule has 6 heteroatoms. The molecule has 0 aliphatic heterocycles. The van der Waals surface area contributed by atoms with Gasteiger partial charge in [0.15, 0.2) is 6.10 Å². The largest absolute Gasteiger partial charge is 0.495 e. The van der Waals surface area contributed by atoms with Crippen LogP contribution in [0.5, 0.6) is 5.75 Å². The highest BCUT2D eigenvalue weighted by Crippen LogP contribution is 2.23. The predicted octanol–water partition coefficient (Wildman–Crippen LogP) is 4.06. The minimum atomic E-state index is -0.878. The highest BCUT2D eigenvalue weighted by Gasteiger charge is 2.19. The van der Waals surface area contributed by atoms with Gasteiger partial charge in [0.25, 0.3) is 5.91 Å². The first kappa shape index (κ1) is 19.8. The first-order valence-electron chi connectivity index (χ1n) is 8.32. The molecule has 2 aromatic rings. The molecule has 26 heavy (non-hydrogen) atoms. The standard InChI is InChI=1S/C20H23NO4S/c1-14-8-10-16(11-9-14)26-13-12-19(22)25-15(2)20(23)21-17-6-4-5-7-18(17)24-3/h4-11,15H,12-13H2,1-3H3,(H,21,23)/t15-/m1/s1. The van der Waals surface area contributed by atoms with Crippen molar-refractivity contribution in [3.63, 3.8) is 0 Å². The van der Waals surface area contributed by atoms with E-state index in [1.807, 2.05) is 37.3 Å². The van der Waals surface area contributed by atoms with Crippen molar-refractivity contribution in [1.82, 2.24) is 0 Å². The van der Waals surface area contributed by atoms with Crippen molar-refractivity contribution >= 4 is 29.3 Å². The number of hydrogen-bond acceptors (Lipinski definition) is 5. The fraction of sp³-hybridized carbons (Fsp3) is 0.300. The third kappa shape index (κ3) is 6.11. The van der Waals surface area contributed by atoms with E-state index in [1.54, 1.807) is 36.9 Å². The topological polar surface area (TPSA) is 64.6 Å². The molecular weight excluding hydrogens is 350 g/mol. The van der Waals surface area contributed by atoms with E-state index in [-0.39, 0.29) is 6.42 Å². The molecular formula is C20H23NO4S. The van der Waals surface area contributed by atoms with Crippen molar-refractivity contribution in [2.75, 3.05) is 18.2 Å². The van der Waals surface area contributed by atoms with Crippen molar-refractivity contribution in [2.24, 2.45) is 0 Å². The molecule has 1 amide bonds. The van der Waals surface area contributed by atoms with E-state index in [0.29, 0.717) is 17.2 Å². The van der Waals surface area contributed by atoms with E-state index in [2.05, 4.69) is 5.32 Å². The zero-order valence-electron chi connectivity index (χ0n) is 15.2. The SMILES string of the molecule is COc1ccccc1NC(=O)[C@@H](C)OC(=O)CCSc1ccc(C)cc1. The minimum absolute atomic E-state index is 0.241. The van der Waals surface area contributed by atoms with Crippen LogP contribution in [0, 0.1) is 6.92 Å². The first-order valence-corrected chi connectivity index (χ1v) is 9.31. The van der Waals surface area contributed by atoms with Gasteiger partial charge in [0.1, 0.15) is 5.75 Å². The minimum Gasteiger partial charge on any atom is -0.495 e. The second-order valence-corrected chi connectivity index (χ2v) is 6.90. The van der Waals surface area contributed by atoms with Gasteiger partial charge in [-0.25, -0.2) is 0 Å². The summed E-state index contributed by atoms with van der Waals surface area (Å²) in [5, 5.41) is 2.71. The molecule has 0 aliphatic rings. The van der Waals surface area contributed by atoms with Crippen LogP contribution in [0.4, 0.5) is 5.69 Å². The lowest BCUT2D eigenvalue weighted by Crippen LogP contribution is -2.30. The van der Waals surface area contributed by atoms with Crippen LogP contribution in [-0.2, 0) is 14.3 Å². The lowest BCUT2D eigenvalue weighted by Gasteiger charge is -2.15. The Morgan fingerprint density at radius 1 is 1.12 bits per heavy atom. The third-order valence-electron chi connectivity index (χ3n) is 3.64. The predicted molar refractivity (Wildman–Crippen MR) is 104 cm³/mol. The van der Waals surface area contributed by atoms with Crippen molar-refractivity contribution in [3.8, 4) is 5.75 Å². The first-order chi connectivity index (χ1) is 12.5. The van der Waals surface area contributed by atoms with Crippen molar-refractivity contribution < 1.29 is 19.1 Å². The van der Waals surface area contributed by atoms with Gasteiger partial charge in [-0.1, -0.05) is 29.8 Å². The number of amides is 1. The number of benzene rings is 2. The van der Waals surface area contributed by atoms with Gasteiger partial charge in [-0.15, -0.1) is 11.8 Å². The monoisotopic (exact) mass is 373 g/mol. The van der Waals surface area contributed by atoms with E-state index >= 15 is 0 Å². The molecule has 2 rings (SSSR count). The molecule has 0 spiro atoms. The summed E-state index contributed by atoms with van der Waals surface area (Å²) in [6.45, 7) is 3.58. The number of hydrogen-bond donors (Lipinski definition) is 1. The van der Waals surface area contributed by atoms with Crippen LogP contribution in [0.25, 0.3) is 0 Å². The summed E-state index contributed by atoms with van der Waals surface area (Å²) >= 11 is 1.58. The summed E-state index contributed by atoms with van der Waals surface area (Å²) in [5.41, 5.74) is 1.74.